The van der Waals surface area contributed by atoms with Gasteiger partial charge in [0.1, 0.15) is 0 Å². The number of amides is 1. The quantitative estimate of drug-likeness (QED) is 0.300. The van der Waals surface area contributed by atoms with Gasteiger partial charge in [-0.25, -0.2) is 13.2 Å². The Morgan fingerprint density at radius 2 is 1.74 bits per heavy atom. The molecule has 3 aromatic carbocycles. The van der Waals surface area contributed by atoms with E-state index in [4.69, 9.17) is 9.47 Å². The SMILES string of the molecule is C=CCN(c1ccccc1)S(=O)(=O)c1cccc(C(=O)O[C@@H](C)C(=O)Nc2ccc(N3CCOCC3)cc2)c1. The number of hydrogen-bond donors (Lipinski definition) is 1. The topological polar surface area (TPSA) is 105 Å². The van der Waals surface area contributed by atoms with E-state index in [2.05, 4.69) is 16.8 Å². The van der Waals surface area contributed by atoms with Gasteiger partial charge in [-0.2, -0.15) is 0 Å². The normalized spacial score (nSPS) is 14.2. The van der Waals surface area contributed by atoms with E-state index in [1.807, 2.05) is 12.1 Å². The van der Waals surface area contributed by atoms with Gasteiger partial charge in [0.25, 0.3) is 15.9 Å². The summed E-state index contributed by atoms with van der Waals surface area (Å²) in [6.07, 6.45) is 0.373. The van der Waals surface area contributed by atoms with Crippen LogP contribution in [0.4, 0.5) is 17.1 Å². The molecule has 0 aromatic heterocycles. The number of para-hydroxylation sites is 1. The van der Waals surface area contributed by atoms with E-state index in [9.17, 15) is 18.0 Å². The second-order valence-corrected chi connectivity index (χ2v) is 10.7. The number of nitrogens with zero attached hydrogens (tertiary/aromatic N) is 2. The number of benzene rings is 3. The number of ether oxygens (including phenoxy) is 2. The third-order valence-corrected chi connectivity index (χ3v) is 7.95. The van der Waals surface area contributed by atoms with Crippen LogP contribution in [-0.2, 0) is 24.3 Å². The minimum absolute atomic E-state index is 0.0113. The highest BCUT2D eigenvalue weighted by molar-refractivity contribution is 7.92. The van der Waals surface area contributed by atoms with Crippen LogP contribution < -0.4 is 14.5 Å². The zero-order valence-electron chi connectivity index (χ0n) is 21.7. The lowest BCUT2D eigenvalue weighted by atomic mass is 10.2. The molecule has 1 fully saturated rings. The number of esters is 1. The van der Waals surface area contributed by atoms with Gasteiger partial charge in [-0.3, -0.25) is 9.10 Å². The smallest absolute Gasteiger partial charge is 0.338 e. The summed E-state index contributed by atoms with van der Waals surface area (Å²) in [6.45, 7) is 8.13. The van der Waals surface area contributed by atoms with Gasteiger partial charge >= 0.3 is 5.97 Å². The Bertz CT molecular complexity index is 1400. The van der Waals surface area contributed by atoms with Crippen molar-refractivity contribution in [3.8, 4) is 0 Å². The van der Waals surface area contributed by atoms with Gasteiger partial charge in [-0.1, -0.05) is 30.3 Å². The molecule has 3 aromatic rings. The van der Waals surface area contributed by atoms with Gasteiger partial charge in [0.15, 0.2) is 6.10 Å². The maximum absolute atomic E-state index is 13.4. The molecule has 1 atom stereocenters. The summed E-state index contributed by atoms with van der Waals surface area (Å²) in [6, 6.07) is 21.6. The molecule has 1 aliphatic heterocycles. The van der Waals surface area contributed by atoms with E-state index >= 15 is 0 Å². The second-order valence-electron chi connectivity index (χ2n) is 8.87. The van der Waals surface area contributed by atoms with E-state index in [-0.39, 0.29) is 17.0 Å². The Balaban J connectivity index is 1.41. The van der Waals surface area contributed by atoms with Crippen molar-refractivity contribution in [3.05, 3.63) is 97.1 Å². The zero-order valence-corrected chi connectivity index (χ0v) is 22.5. The average molecular weight is 550 g/mol. The lowest BCUT2D eigenvalue weighted by molar-refractivity contribution is -0.123. The average Bonchev–Trinajstić information content (AvgIpc) is 2.97. The van der Waals surface area contributed by atoms with Gasteiger partial charge in [-0.15, -0.1) is 6.58 Å². The van der Waals surface area contributed by atoms with Crippen LogP contribution in [0.5, 0.6) is 0 Å². The third kappa shape index (κ3) is 6.84. The van der Waals surface area contributed by atoms with Gasteiger partial charge < -0.3 is 19.7 Å². The van der Waals surface area contributed by atoms with Crippen LogP contribution in [0.15, 0.2) is 96.4 Å². The fraction of sp³-hybridized carbons (Fsp3) is 0.241. The molecule has 1 amide bonds. The Kier molecular flexibility index (Phi) is 9.00. The Morgan fingerprint density at radius 1 is 1.05 bits per heavy atom. The summed E-state index contributed by atoms with van der Waals surface area (Å²) in [4.78, 5) is 27.6. The van der Waals surface area contributed by atoms with Gasteiger partial charge in [-0.05, 0) is 61.5 Å². The third-order valence-electron chi connectivity index (χ3n) is 6.16. The molecule has 0 radical (unpaired) electrons. The number of carbonyl (C=O) groups is 2. The molecule has 0 bridgehead atoms. The number of rotatable bonds is 10. The van der Waals surface area contributed by atoms with E-state index in [1.54, 1.807) is 42.5 Å². The first-order chi connectivity index (χ1) is 18.8. The summed E-state index contributed by atoms with van der Waals surface area (Å²) in [5.74, 6) is -1.32. The lowest BCUT2D eigenvalue weighted by Crippen LogP contribution is -2.36. The summed E-state index contributed by atoms with van der Waals surface area (Å²) >= 11 is 0. The monoisotopic (exact) mass is 549 g/mol. The molecule has 1 saturated heterocycles. The van der Waals surface area contributed by atoms with E-state index in [1.165, 1.54) is 41.6 Å². The molecule has 0 unspecified atom stereocenters. The number of carbonyl (C=O) groups excluding carboxylic acids is 2. The Morgan fingerprint density at radius 3 is 2.41 bits per heavy atom. The summed E-state index contributed by atoms with van der Waals surface area (Å²) in [7, 11) is -4.00. The van der Waals surface area contributed by atoms with Crippen LogP contribution in [0.25, 0.3) is 0 Å². The molecule has 39 heavy (non-hydrogen) atoms. The highest BCUT2D eigenvalue weighted by atomic mass is 32.2. The van der Waals surface area contributed by atoms with Gasteiger partial charge in [0, 0.05) is 24.5 Å². The van der Waals surface area contributed by atoms with Crippen molar-refractivity contribution >= 4 is 39.0 Å². The zero-order chi connectivity index (χ0) is 27.8. The van der Waals surface area contributed by atoms with Crippen LogP contribution >= 0.6 is 0 Å². The van der Waals surface area contributed by atoms with E-state index < -0.39 is 28.0 Å². The van der Waals surface area contributed by atoms with Crippen molar-refractivity contribution < 1.29 is 27.5 Å². The van der Waals surface area contributed by atoms with Crippen molar-refractivity contribution in [3.63, 3.8) is 0 Å². The molecule has 10 heteroatoms. The van der Waals surface area contributed by atoms with Crippen LogP contribution in [0.3, 0.4) is 0 Å². The highest BCUT2D eigenvalue weighted by Crippen LogP contribution is 2.25. The number of hydrogen-bond acceptors (Lipinski definition) is 7. The molecule has 204 valence electrons. The lowest BCUT2D eigenvalue weighted by Gasteiger charge is -2.28. The number of morpholine rings is 1. The number of nitrogens with one attached hydrogen (secondary N) is 1. The van der Waals surface area contributed by atoms with Crippen molar-refractivity contribution in [1.29, 1.82) is 0 Å². The van der Waals surface area contributed by atoms with Crippen molar-refractivity contribution in [2.24, 2.45) is 0 Å². The fourth-order valence-electron chi connectivity index (χ4n) is 4.07. The predicted octanol–water partition coefficient (Wildman–Crippen LogP) is 4.09. The van der Waals surface area contributed by atoms with Gasteiger partial charge in [0.2, 0.25) is 0 Å². The van der Waals surface area contributed by atoms with Crippen molar-refractivity contribution in [2.75, 3.05) is 47.4 Å². The van der Waals surface area contributed by atoms with Crippen LogP contribution in [0.1, 0.15) is 17.3 Å². The first-order valence-electron chi connectivity index (χ1n) is 12.5. The largest absolute Gasteiger partial charge is 0.449 e. The maximum atomic E-state index is 13.4. The molecule has 1 N–H and O–H groups in total. The number of sulfonamides is 1. The maximum Gasteiger partial charge on any atom is 0.338 e. The fourth-order valence-corrected chi connectivity index (χ4v) is 5.55. The summed E-state index contributed by atoms with van der Waals surface area (Å²) in [5, 5.41) is 2.74. The minimum atomic E-state index is -4.00. The standard InChI is InChI=1S/C29H31N3O6S/c1-3-16-32(26-9-5-4-6-10-26)39(35,36)27-11-7-8-23(21-27)29(34)38-22(2)28(33)30-24-12-14-25(15-13-24)31-17-19-37-20-18-31/h3-15,21-22H,1,16-20H2,2H3,(H,30,33)/t22-/m0/s1. The molecule has 4 rings (SSSR count). The highest BCUT2D eigenvalue weighted by Gasteiger charge is 2.26. The molecular formula is C29H31N3O6S. The molecule has 0 saturated carbocycles. The Labute approximate surface area is 228 Å². The summed E-state index contributed by atoms with van der Waals surface area (Å²) < 4.78 is 38.7. The van der Waals surface area contributed by atoms with Crippen LogP contribution in [0.2, 0.25) is 0 Å². The molecular weight excluding hydrogens is 518 g/mol. The summed E-state index contributed by atoms with van der Waals surface area (Å²) in [5.41, 5.74) is 2.08. The first-order valence-corrected chi connectivity index (χ1v) is 14.0. The molecule has 1 aliphatic rings. The first kappa shape index (κ1) is 27.9. The van der Waals surface area contributed by atoms with Crippen molar-refractivity contribution in [2.45, 2.75) is 17.9 Å². The van der Waals surface area contributed by atoms with Crippen molar-refractivity contribution in [1.82, 2.24) is 0 Å². The minimum Gasteiger partial charge on any atom is -0.449 e. The molecule has 0 aliphatic carbocycles. The van der Waals surface area contributed by atoms with E-state index in [0.29, 0.717) is 24.6 Å². The Hall–Kier alpha value is -4.15. The molecule has 0 spiro atoms. The number of anilines is 3. The van der Waals surface area contributed by atoms with Crippen LogP contribution in [-0.4, -0.2) is 59.2 Å². The van der Waals surface area contributed by atoms with Crippen LogP contribution in [0, 0.1) is 0 Å². The van der Waals surface area contributed by atoms with Gasteiger partial charge in [0.05, 0.1) is 35.9 Å². The predicted molar refractivity (Wildman–Crippen MR) is 151 cm³/mol. The molecule has 9 nitrogen and oxygen atoms in total. The molecule has 1 heterocycles. The van der Waals surface area contributed by atoms with E-state index in [0.717, 1.165) is 18.8 Å². The second kappa shape index (κ2) is 12.6.